The van der Waals surface area contributed by atoms with Crippen molar-refractivity contribution in [3.63, 3.8) is 0 Å². The number of hydrogen-bond acceptors (Lipinski definition) is 4. The van der Waals surface area contributed by atoms with Crippen molar-refractivity contribution in [2.24, 2.45) is 5.10 Å². The first-order valence-corrected chi connectivity index (χ1v) is 8.65. The first-order chi connectivity index (χ1) is 12.4. The van der Waals surface area contributed by atoms with Crippen LogP contribution in [-0.2, 0) is 6.54 Å². The number of nitrogens with one attached hydrogen (secondary N) is 1. The summed E-state index contributed by atoms with van der Waals surface area (Å²) in [6.07, 6.45) is 3.00. The number of anilines is 1. The van der Waals surface area contributed by atoms with E-state index in [0.717, 1.165) is 5.56 Å². The summed E-state index contributed by atoms with van der Waals surface area (Å²) in [4.78, 5) is 4.05. The number of nitrogens with zero attached hydrogens (tertiary/aromatic N) is 4. The SMILES string of the molecule is Cc1nn(Cc2ccc(F)cc2)c(Cl)c1/C=N/Nc1ncc(Cl)cc1Cl. The van der Waals surface area contributed by atoms with Crippen molar-refractivity contribution in [3.8, 4) is 0 Å². The molecule has 0 saturated heterocycles. The van der Waals surface area contributed by atoms with Crippen LogP contribution in [-0.4, -0.2) is 21.0 Å². The fourth-order valence-corrected chi connectivity index (χ4v) is 2.94. The normalized spacial score (nSPS) is 11.3. The van der Waals surface area contributed by atoms with Crippen molar-refractivity contribution in [2.75, 3.05) is 5.43 Å². The molecule has 0 atom stereocenters. The molecule has 3 rings (SSSR count). The zero-order valence-electron chi connectivity index (χ0n) is 13.5. The molecular formula is C17H13Cl3FN5. The molecule has 3 aromatic rings. The molecular weight excluding hydrogens is 400 g/mol. The molecule has 1 N–H and O–H groups in total. The van der Waals surface area contributed by atoms with E-state index in [4.69, 9.17) is 34.8 Å². The highest BCUT2D eigenvalue weighted by Gasteiger charge is 2.12. The van der Waals surface area contributed by atoms with Gasteiger partial charge in [-0.25, -0.2) is 14.1 Å². The van der Waals surface area contributed by atoms with E-state index in [1.807, 2.05) is 6.92 Å². The van der Waals surface area contributed by atoms with Crippen LogP contribution in [0.4, 0.5) is 10.2 Å². The van der Waals surface area contributed by atoms with Crippen molar-refractivity contribution in [1.82, 2.24) is 14.8 Å². The maximum atomic E-state index is 13.0. The molecule has 0 saturated carbocycles. The molecule has 9 heteroatoms. The monoisotopic (exact) mass is 411 g/mol. The molecule has 134 valence electrons. The molecule has 26 heavy (non-hydrogen) atoms. The second kappa shape index (κ2) is 8.03. The molecule has 0 unspecified atom stereocenters. The lowest BCUT2D eigenvalue weighted by Crippen LogP contribution is -2.02. The van der Waals surface area contributed by atoms with E-state index in [2.05, 4.69) is 20.6 Å². The third-order valence-electron chi connectivity index (χ3n) is 3.53. The largest absolute Gasteiger partial charge is 0.260 e. The third-order valence-corrected chi connectivity index (χ3v) is 4.42. The Bertz CT molecular complexity index is 954. The zero-order chi connectivity index (χ0) is 18.7. The van der Waals surface area contributed by atoms with Crippen molar-refractivity contribution in [3.05, 3.63) is 74.4 Å². The van der Waals surface area contributed by atoms with Crippen LogP contribution in [0.15, 0.2) is 41.6 Å². The van der Waals surface area contributed by atoms with Gasteiger partial charge in [0.2, 0.25) is 0 Å². The molecule has 0 aliphatic heterocycles. The lowest BCUT2D eigenvalue weighted by Gasteiger charge is -2.04. The summed E-state index contributed by atoms with van der Waals surface area (Å²) in [7, 11) is 0. The Hall–Kier alpha value is -2.15. The smallest absolute Gasteiger partial charge is 0.165 e. The Kier molecular flexibility index (Phi) is 5.76. The summed E-state index contributed by atoms with van der Waals surface area (Å²) in [6.45, 7) is 2.24. The van der Waals surface area contributed by atoms with Gasteiger partial charge in [-0.2, -0.15) is 10.2 Å². The van der Waals surface area contributed by atoms with Gasteiger partial charge >= 0.3 is 0 Å². The number of hydrogen-bond donors (Lipinski definition) is 1. The number of benzene rings is 1. The molecule has 0 spiro atoms. The van der Waals surface area contributed by atoms with Crippen LogP contribution in [0.1, 0.15) is 16.8 Å². The van der Waals surface area contributed by atoms with Gasteiger partial charge in [0, 0.05) is 6.20 Å². The van der Waals surface area contributed by atoms with Crippen LogP contribution in [0.25, 0.3) is 0 Å². The predicted molar refractivity (Wildman–Crippen MR) is 103 cm³/mol. The summed E-state index contributed by atoms with van der Waals surface area (Å²) < 4.78 is 14.6. The molecule has 0 bridgehead atoms. The van der Waals surface area contributed by atoms with E-state index in [1.54, 1.807) is 29.1 Å². The van der Waals surface area contributed by atoms with Gasteiger partial charge in [0.05, 0.1) is 34.1 Å². The van der Waals surface area contributed by atoms with Crippen molar-refractivity contribution < 1.29 is 4.39 Å². The van der Waals surface area contributed by atoms with Gasteiger partial charge in [-0.05, 0) is 30.7 Å². The second-order valence-corrected chi connectivity index (χ2v) is 6.63. The summed E-state index contributed by atoms with van der Waals surface area (Å²) in [6, 6.07) is 7.73. The molecule has 0 radical (unpaired) electrons. The molecule has 5 nitrogen and oxygen atoms in total. The fraction of sp³-hybridized carbons (Fsp3) is 0.118. The fourth-order valence-electron chi connectivity index (χ4n) is 2.24. The van der Waals surface area contributed by atoms with Crippen LogP contribution in [0, 0.1) is 12.7 Å². The minimum Gasteiger partial charge on any atom is -0.260 e. The van der Waals surface area contributed by atoms with Crippen LogP contribution < -0.4 is 5.43 Å². The number of aromatic nitrogens is 3. The lowest BCUT2D eigenvalue weighted by atomic mass is 10.2. The summed E-state index contributed by atoms with van der Waals surface area (Å²) in [5, 5.41) is 9.71. The van der Waals surface area contributed by atoms with Crippen LogP contribution in [0.2, 0.25) is 15.2 Å². The van der Waals surface area contributed by atoms with Crippen LogP contribution in [0.3, 0.4) is 0 Å². The first-order valence-electron chi connectivity index (χ1n) is 7.51. The molecule has 0 amide bonds. The third kappa shape index (κ3) is 4.33. The molecule has 1 aromatic carbocycles. The van der Waals surface area contributed by atoms with Gasteiger partial charge in [0.25, 0.3) is 0 Å². The van der Waals surface area contributed by atoms with Crippen molar-refractivity contribution in [2.45, 2.75) is 13.5 Å². The lowest BCUT2D eigenvalue weighted by molar-refractivity contribution is 0.624. The number of aryl methyl sites for hydroxylation is 1. The highest BCUT2D eigenvalue weighted by molar-refractivity contribution is 6.36. The summed E-state index contributed by atoms with van der Waals surface area (Å²) in [5.41, 5.74) is 4.99. The van der Waals surface area contributed by atoms with E-state index in [0.29, 0.717) is 38.8 Å². The number of pyridine rings is 1. The maximum absolute atomic E-state index is 13.0. The molecule has 0 fully saturated rings. The second-order valence-electron chi connectivity index (χ2n) is 5.43. The molecule has 2 heterocycles. The standard InChI is InChI=1S/C17H13Cl3FN5/c1-10-14(8-23-24-17-15(19)6-12(18)7-22-17)16(20)26(25-10)9-11-2-4-13(21)5-3-11/h2-8H,9H2,1H3,(H,22,24)/b23-8+. The first kappa shape index (κ1) is 18.6. The van der Waals surface area contributed by atoms with Gasteiger partial charge in [0.15, 0.2) is 5.82 Å². The molecule has 2 aromatic heterocycles. The average molecular weight is 413 g/mol. The maximum Gasteiger partial charge on any atom is 0.165 e. The van der Waals surface area contributed by atoms with Gasteiger partial charge in [0.1, 0.15) is 11.0 Å². The zero-order valence-corrected chi connectivity index (χ0v) is 15.8. The Morgan fingerprint density at radius 1 is 1.23 bits per heavy atom. The minimum atomic E-state index is -0.287. The number of halogens is 4. The number of hydrazone groups is 1. The Labute approximate surface area is 164 Å². The van der Waals surface area contributed by atoms with Gasteiger partial charge < -0.3 is 0 Å². The Balaban J connectivity index is 1.76. The average Bonchev–Trinajstić information content (AvgIpc) is 2.86. The quantitative estimate of drug-likeness (QED) is 0.464. The van der Waals surface area contributed by atoms with Crippen LogP contribution in [0.5, 0.6) is 0 Å². The summed E-state index contributed by atoms with van der Waals surface area (Å²) in [5.74, 6) is 0.0876. The molecule has 0 aliphatic rings. The minimum absolute atomic E-state index is 0.287. The Morgan fingerprint density at radius 2 is 1.96 bits per heavy atom. The van der Waals surface area contributed by atoms with E-state index in [1.165, 1.54) is 18.3 Å². The highest BCUT2D eigenvalue weighted by Crippen LogP contribution is 2.23. The van der Waals surface area contributed by atoms with Crippen molar-refractivity contribution >= 4 is 46.8 Å². The predicted octanol–water partition coefficient (Wildman–Crippen LogP) is 5.18. The summed E-state index contributed by atoms with van der Waals surface area (Å²) >= 11 is 18.2. The number of rotatable bonds is 5. The van der Waals surface area contributed by atoms with E-state index < -0.39 is 0 Å². The highest BCUT2D eigenvalue weighted by atomic mass is 35.5. The van der Waals surface area contributed by atoms with Gasteiger partial charge in [-0.3, -0.25) is 5.43 Å². The van der Waals surface area contributed by atoms with Crippen LogP contribution >= 0.6 is 34.8 Å². The van der Waals surface area contributed by atoms with Crippen molar-refractivity contribution in [1.29, 1.82) is 0 Å². The van der Waals surface area contributed by atoms with E-state index in [9.17, 15) is 4.39 Å². The topological polar surface area (TPSA) is 55.1 Å². The molecule has 0 aliphatic carbocycles. The van der Waals surface area contributed by atoms with E-state index >= 15 is 0 Å². The van der Waals surface area contributed by atoms with Gasteiger partial charge in [-0.15, -0.1) is 0 Å². The Morgan fingerprint density at radius 3 is 2.65 bits per heavy atom. The van der Waals surface area contributed by atoms with Gasteiger partial charge in [-0.1, -0.05) is 46.9 Å². The van der Waals surface area contributed by atoms with E-state index in [-0.39, 0.29) is 5.82 Å².